The van der Waals surface area contributed by atoms with E-state index < -0.39 is 0 Å². The summed E-state index contributed by atoms with van der Waals surface area (Å²) in [5.74, 6) is 0. The molecule has 0 saturated carbocycles. The van der Waals surface area contributed by atoms with E-state index in [2.05, 4.69) is 16.4 Å². The minimum atomic E-state index is 0.383. The van der Waals surface area contributed by atoms with Crippen molar-refractivity contribution < 1.29 is 0 Å². The van der Waals surface area contributed by atoms with Crippen LogP contribution in [0.25, 0.3) is 11.3 Å². The van der Waals surface area contributed by atoms with Gasteiger partial charge in [-0.1, -0.05) is 53.7 Å². The minimum absolute atomic E-state index is 0.383. The zero-order valence-electron chi connectivity index (χ0n) is 11.8. The van der Waals surface area contributed by atoms with Crippen LogP contribution in [0.15, 0.2) is 53.0 Å². The quantitative estimate of drug-likeness (QED) is 0.649. The van der Waals surface area contributed by atoms with Gasteiger partial charge in [0.1, 0.15) is 11.2 Å². The SMILES string of the molecule is Cc1cnc(Cl)cc1C(C#N)=C1NC(c2ccccc2)=CS1. The molecule has 5 heteroatoms. The monoisotopic (exact) mass is 325 g/mol. The third-order valence-corrected chi connectivity index (χ3v) is 4.41. The summed E-state index contributed by atoms with van der Waals surface area (Å²) < 4.78 is 0. The topological polar surface area (TPSA) is 48.7 Å². The lowest BCUT2D eigenvalue weighted by Crippen LogP contribution is -2.07. The fourth-order valence-electron chi connectivity index (χ4n) is 2.18. The molecule has 0 aliphatic carbocycles. The van der Waals surface area contributed by atoms with Crippen molar-refractivity contribution in [3.63, 3.8) is 0 Å². The molecule has 2 heterocycles. The van der Waals surface area contributed by atoms with Crippen molar-refractivity contribution in [2.45, 2.75) is 6.92 Å². The maximum absolute atomic E-state index is 9.56. The highest BCUT2D eigenvalue weighted by Crippen LogP contribution is 2.35. The van der Waals surface area contributed by atoms with Gasteiger partial charge >= 0.3 is 0 Å². The molecule has 0 radical (unpaired) electrons. The third-order valence-electron chi connectivity index (χ3n) is 3.31. The van der Waals surface area contributed by atoms with Crippen LogP contribution in [0.2, 0.25) is 5.15 Å². The molecule has 22 heavy (non-hydrogen) atoms. The summed E-state index contributed by atoms with van der Waals surface area (Å²) in [6.45, 7) is 1.92. The van der Waals surface area contributed by atoms with Crippen LogP contribution in [0, 0.1) is 18.3 Å². The zero-order valence-corrected chi connectivity index (χ0v) is 13.4. The summed E-state index contributed by atoms with van der Waals surface area (Å²) in [5.41, 5.74) is 4.39. The number of thioether (sulfide) groups is 1. The number of rotatable bonds is 2. The Kier molecular flexibility index (Phi) is 4.19. The molecule has 1 N–H and O–H groups in total. The first-order valence-electron chi connectivity index (χ1n) is 6.65. The fraction of sp³-hybridized carbons (Fsp3) is 0.0588. The molecule has 108 valence electrons. The first kappa shape index (κ1) is 14.7. The fourth-order valence-corrected chi connectivity index (χ4v) is 3.21. The molecule has 0 amide bonds. The van der Waals surface area contributed by atoms with E-state index in [0.717, 1.165) is 27.4 Å². The molecule has 0 fully saturated rings. The second-order valence-corrected chi connectivity index (χ2v) is 6.05. The Labute approximate surface area is 138 Å². The number of benzene rings is 1. The van der Waals surface area contributed by atoms with Crippen molar-refractivity contribution in [2.24, 2.45) is 0 Å². The van der Waals surface area contributed by atoms with Crippen LogP contribution in [0.1, 0.15) is 16.7 Å². The minimum Gasteiger partial charge on any atom is -0.348 e. The number of hydrogen-bond donors (Lipinski definition) is 1. The smallest absolute Gasteiger partial charge is 0.129 e. The second-order valence-electron chi connectivity index (χ2n) is 4.78. The predicted octanol–water partition coefficient (Wildman–Crippen LogP) is 4.57. The molecule has 3 nitrogen and oxygen atoms in total. The first-order valence-corrected chi connectivity index (χ1v) is 7.91. The Hall–Kier alpha value is -2.22. The summed E-state index contributed by atoms with van der Waals surface area (Å²) in [6.07, 6.45) is 1.68. The van der Waals surface area contributed by atoms with E-state index in [1.807, 2.05) is 42.7 Å². The van der Waals surface area contributed by atoms with Crippen LogP contribution in [-0.4, -0.2) is 4.98 Å². The maximum Gasteiger partial charge on any atom is 0.129 e. The van der Waals surface area contributed by atoms with Crippen molar-refractivity contribution in [1.82, 2.24) is 10.3 Å². The van der Waals surface area contributed by atoms with Gasteiger partial charge in [0, 0.05) is 17.2 Å². The Bertz CT molecular complexity index is 820. The normalized spacial score (nSPS) is 15.8. The molecular formula is C17H12ClN3S. The lowest BCUT2D eigenvalue weighted by molar-refractivity contribution is 1.20. The highest BCUT2D eigenvalue weighted by atomic mass is 35.5. The number of nitriles is 1. The number of nitrogens with one attached hydrogen (secondary N) is 1. The summed E-state index contributed by atoms with van der Waals surface area (Å²) >= 11 is 7.47. The van der Waals surface area contributed by atoms with E-state index >= 15 is 0 Å². The van der Waals surface area contributed by atoms with Crippen molar-refractivity contribution >= 4 is 34.6 Å². The lowest BCUT2D eigenvalue weighted by atomic mass is 10.0. The van der Waals surface area contributed by atoms with Crippen molar-refractivity contribution in [3.05, 3.63) is 74.9 Å². The number of halogens is 1. The number of aromatic nitrogens is 1. The van der Waals surface area contributed by atoms with Gasteiger partial charge in [-0.15, -0.1) is 0 Å². The summed E-state index contributed by atoms with van der Waals surface area (Å²) in [7, 11) is 0. The molecule has 1 aliphatic heterocycles. The number of pyridine rings is 1. The Morgan fingerprint density at radius 1 is 1.32 bits per heavy atom. The average Bonchev–Trinajstić information content (AvgIpc) is 3.02. The van der Waals surface area contributed by atoms with E-state index in [-0.39, 0.29) is 0 Å². The number of allylic oxidation sites excluding steroid dienone is 1. The van der Waals surface area contributed by atoms with Crippen molar-refractivity contribution in [3.8, 4) is 6.07 Å². The molecular weight excluding hydrogens is 314 g/mol. The zero-order chi connectivity index (χ0) is 15.5. The number of nitrogens with zero attached hydrogens (tertiary/aromatic N) is 2. The van der Waals surface area contributed by atoms with Crippen molar-refractivity contribution in [2.75, 3.05) is 0 Å². The van der Waals surface area contributed by atoms with Gasteiger partial charge in [0.2, 0.25) is 0 Å². The largest absolute Gasteiger partial charge is 0.348 e. The van der Waals surface area contributed by atoms with Gasteiger partial charge in [-0.2, -0.15) is 5.26 Å². The summed E-state index contributed by atoms with van der Waals surface area (Å²) in [5, 5.41) is 16.1. The number of aryl methyl sites for hydroxylation is 1. The van der Waals surface area contributed by atoms with E-state index in [1.54, 1.807) is 12.3 Å². The second kappa shape index (κ2) is 6.27. The number of hydrogen-bond acceptors (Lipinski definition) is 4. The standard InChI is InChI=1S/C17H12ClN3S/c1-11-9-20-16(18)7-13(11)14(8-19)17-21-15(10-22-17)12-5-3-2-4-6-12/h2-7,9-10,21H,1H3. The Balaban J connectivity index is 1.97. The third kappa shape index (κ3) is 2.87. The molecule has 0 bridgehead atoms. The van der Waals surface area contributed by atoms with Crippen LogP contribution in [0.3, 0.4) is 0 Å². The molecule has 1 aromatic carbocycles. The average molecular weight is 326 g/mol. The highest BCUT2D eigenvalue weighted by Gasteiger charge is 2.18. The molecule has 0 saturated heterocycles. The van der Waals surface area contributed by atoms with Gasteiger partial charge < -0.3 is 5.32 Å². The van der Waals surface area contributed by atoms with Gasteiger partial charge in [0.15, 0.2) is 0 Å². The Morgan fingerprint density at radius 3 is 2.82 bits per heavy atom. The Morgan fingerprint density at radius 2 is 2.09 bits per heavy atom. The van der Waals surface area contributed by atoms with E-state index in [9.17, 15) is 5.26 Å². The molecule has 1 aliphatic rings. The van der Waals surface area contributed by atoms with Gasteiger partial charge in [-0.3, -0.25) is 0 Å². The maximum atomic E-state index is 9.56. The molecule has 3 rings (SSSR count). The molecule has 0 unspecified atom stereocenters. The van der Waals surface area contributed by atoms with Crippen molar-refractivity contribution in [1.29, 1.82) is 5.26 Å². The molecule has 0 spiro atoms. The lowest BCUT2D eigenvalue weighted by Gasteiger charge is -2.09. The van der Waals surface area contributed by atoms with E-state index in [0.29, 0.717) is 10.7 Å². The van der Waals surface area contributed by atoms with Gasteiger partial charge in [-0.25, -0.2) is 4.98 Å². The predicted molar refractivity (Wildman–Crippen MR) is 91.7 cm³/mol. The molecule has 0 atom stereocenters. The van der Waals surface area contributed by atoms with Crippen LogP contribution in [0.4, 0.5) is 0 Å². The van der Waals surface area contributed by atoms with Gasteiger partial charge in [0.25, 0.3) is 0 Å². The van der Waals surface area contributed by atoms with Crippen LogP contribution >= 0.6 is 23.4 Å². The van der Waals surface area contributed by atoms with Gasteiger partial charge in [-0.05, 0) is 24.1 Å². The summed E-state index contributed by atoms with van der Waals surface area (Å²) in [6, 6.07) is 14.0. The van der Waals surface area contributed by atoms with E-state index in [1.165, 1.54) is 11.8 Å². The first-order chi connectivity index (χ1) is 10.7. The van der Waals surface area contributed by atoms with Crippen LogP contribution < -0.4 is 5.32 Å². The van der Waals surface area contributed by atoms with E-state index in [4.69, 9.17) is 11.6 Å². The molecule has 1 aromatic heterocycles. The van der Waals surface area contributed by atoms with Crippen LogP contribution in [0.5, 0.6) is 0 Å². The molecule has 2 aromatic rings. The van der Waals surface area contributed by atoms with Crippen LogP contribution in [-0.2, 0) is 0 Å². The summed E-state index contributed by atoms with van der Waals surface area (Å²) in [4.78, 5) is 4.04. The van der Waals surface area contributed by atoms with Gasteiger partial charge in [0.05, 0.1) is 16.3 Å². The highest BCUT2D eigenvalue weighted by molar-refractivity contribution is 8.06.